The summed E-state index contributed by atoms with van der Waals surface area (Å²) in [5.74, 6) is 2.68. The van der Waals surface area contributed by atoms with Crippen LogP contribution in [0.5, 0.6) is 0 Å². The lowest BCUT2D eigenvalue weighted by Crippen LogP contribution is -2.36. The van der Waals surface area contributed by atoms with E-state index in [0.717, 1.165) is 17.8 Å². The molecule has 0 amide bonds. The molecule has 1 aliphatic carbocycles. The van der Waals surface area contributed by atoms with Gasteiger partial charge in [-0.25, -0.2) is 0 Å². The number of rotatable bonds is 6. The smallest absolute Gasteiger partial charge is 0.0292 e. The first-order chi connectivity index (χ1) is 8.39. The van der Waals surface area contributed by atoms with Gasteiger partial charge in [0, 0.05) is 0 Å². The third kappa shape index (κ3) is 4.14. The Morgan fingerprint density at radius 3 is 2.61 bits per heavy atom. The molecule has 0 heteroatoms. The summed E-state index contributed by atoms with van der Waals surface area (Å²) in [6, 6.07) is 0. The lowest BCUT2D eigenvalue weighted by Gasteiger charge is -2.46. The van der Waals surface area contributed by atoms with E-state index >= 15 is 0 Å². The lowest BCUT2D eigenvalue weighted by molar-refractivity contribution is 0.0471. The second kappa shape index (κ2) is 6.78. The molecule has 0 aromatic carbocycles. The van der Waals surface area contributed by atoms with Crippen LogP contribution in [0.15, 0.2) is 12.2 Å². The maximum atomic E-state index is 4.10. The standard InChI is InChI=1S/C18H34/c1-7-16(5)17(11-10-14(2)3)18(6)12-8-9-15(4)13-18/h15-17H,2,7-13H2,1,3-6H3. The van der Waals surface area contributed by atoms with Gasteiger partial charge >= 0.3 is 0 Å². The highest BCUT2D eigenvalue weighted by Crippen LogP contribution is 2.49. The molecule has 4 unspecified atom stereocenters. The first-order valence-corrected chi connectivity index (χ1v) is 8.03. The first kappa shape index (κ1) is 15.8. The van der Waals surface area contributed by atoms with Crippen LogP contribution >= 0.6 is 0 Å². The van der Waals surface area contributed by atoms with Gasteiger partial charge in [-0.05, 0) is 55.8 Å². The Kier molecular flexibility index (Phi) is 5.95. The Hall–Kier alpha value is -0.260. The molecule has 0 saturated heterocycles. The second-order valence-electron chi connectivity index (χ2n) is 7.34. The van der Waals surface area contributed by atoms with Gasteiger partial charge < -0.3 is 0 Å². The Labute approximate surface area is 115 Å². The molecular formula is C18H34. The van der Waals surface area contributed by atoms with Crippen molar-refractivity contribution < 1.29 is 0 Å². The lowest BCUT2D eigenvalue weighted by atomic mass is 9.59. The zero-order valence-corrected chi connectivity index (χ0v) is 13.4. The van der Waals surface area contributed by atoms with Gasteiger partial charge in [0.2, 0.25) is 0 Å². The zero-order valence-electron chi connectivity index (χ0n) is 13.4. The van der Waals surface area contributed by atoms with Crippen LogP contribution in [0.3, 0.4) is 0 Å². The fourth-order valence-corrected chi connectivity index (χ4v) is 4.20. The van der Waals surface area contributed by atoms with E-state index in [-0.39, 0.29) is 0 Å². The van der Waals surface area contributed by atoms with Crippen LogP contribution in [0.2, 0.25) is 0 Å². The van der Waals surface area contributed by atoms with E-state index in [1.54, 1.807) is 0 Å². The summed E-state index contributed by atoms with van der Waals surface area (Å²) in [6.07, 6.45) is 9.68. The Balaban J connectivity index is 2.76. The normalized spacial score (nSPS) is 31.9. The summed E-state index contributed by atoms with van der Waals surface area (Å²) < 4.78 is 0. The largest absolute Gasteiger partial charge is 0.100 e. The van der Waals surface area contributed by atoms with Crippen LogP contribution in [0.25, 0.3) is 0 Å². The van der Waals surface area contributed by atoms with Crippen molar-refractivity contribution in [1.29, 1.82) is 0 Å². The molecule has 0 spiro atoms. The van der Waals surface area contributed by atoms with Gasteiger partial charge in [-0.3, -0.25) is 0 Å². The van der Waals surface area contributed by atoms with E-state index < -0.39 is 0 Å². The number of hydrogen-bond donors (Lipinski definition) is 0. The van der Waals surface area contributed by atoms with Crippen LogP contribution in [-0.4, -0.2) is 0 Å². The van der Waals surface area contributed by atoms with Gasteiger partial charge in [0.25, 0.3) is 0 Å². The van der Waals surface area contributed by atoms with E-state index in [0.29, 0.717) is 5.41 Å². The van der Waals surface area contributed by atoms with Crippen LogP contribution in [-0.2, 0) is 0 Å². The minimum atomic E-state index is 0.586. The molecule has 0 N–H and O–H groups in total. The summed E-state index contributed by atoms with van der Waals surface area (Å²) in [7, 11) is 0. The van der Waals surface area contributed by atoms with E-state index in [9.17, 15) is 0 Å². The number of hydrogen-bond acceptors (Lipinski definition) is 0. The molecule has 18 heavy (non-hydrogen) atoms. The average molecular weight is 250 g/mol. The number of allylic oxidation sites excluding steroid dienone is 1. The van der Waals surface area contributed by atoms with Gasteiger partial charge in [0.1, 0.15) is 0 Å². The second-order valence-corrected chi connectivity index (χ2v) is 7.34. The fraction of sp³-hybridized carbons (Fsp3) is 0.889. The predicted molar refractivity (Wildman–Crippen MR) is 82.7 cm³/mol. The topological polar surface area (TPSA) is 0 Å². The summed E-state index contributed by atoms with van der Waals surface area (Å²) in [4.78, 5) is 0. The maximum absolute atomic E-state index is 4.10. The summed E-state index contributed by atoms with van der Waals surface area (Å²) in [5.41, 5.74) is 1.94. The van der Waals surface area contributed by atoms with Crippen molar-refractivity contribution >= 4 is 0 Å². The highest BCUT2D eigenvalue weighted by Gasteiger charge is 2.39. The van der Waals surface area contributed by atoms with E-state index in [2.05, 4.69) is 41.2 Å². The van der Waals surface area contributed by atoms with Crippen molar-refractivity contribution in [2.75, 3.05) is 0 Å². The van der Waals surface area contributed by atoms with Crippen LogP contribution in [0.4, 0.5) is 0 Å². The Morgan fingerprint density at radius 2 is 2.11 bits per heavy atom. The summed E-state index contributed by atoms with van der Waals surface area (Å²) in [6.45, 7) is 16.1. The van der Waals surface area contributed by atoms with Crippen molar-refractivity contribution in [2.45, 2.75) is 79.6 Å². The van der Waals surface area contributed by atoms with E-state index in [4.69, 9.17) is 0 Å². The molecule has 0 aliphatic heterocycles. The maximum Gasteiger partial charge on any atom is -0.0292 e. The molecule has 4 atom stereocenters. The fourth-order valence-electron chi connectivity index (χ4n) is 4.20. The van der Waals surface area contributed by atoms with E-state index in [1.807, 2.05) is 0 Å². The molecule has 1 fully saturated rings. The van der Waals surface area contributed by atoms with Crippen molar-refractivity contribution in [1.82, 2.24) is 0 Å². The van der Waals surface area contributed by atoms with Crippen molar-refractivity contribution in [3.8, 4) is 0 Å². The zero-order chi connectivity index (χ0) is 13.8. The molecule has 0 aromatic heterocycles. The monoisotopic (exact) mass is 250 g/mol. The van der Waals surface area contributed by atoms with Gasteiger partial charge in [0.15, 0.2) is 0 Å². The Bertz CT molecular complexity index is 265. The predicted octanol–water partition coefficient (Wildman–Crippen LogP) is 6.22. The minimum Gasteiger partial charge on any atom is -0.100 e. The SMILES string of the molecule is C=C(C)CCC(C(C)CC)C1(C)CCCC(C)C1. The van der Waals surface area contributed by atoms with Crippen molar-refractivity contribution in [3.63, 3.8) is 0 Å². The van der Waals surface area contributed by atoms with Gasteiger partial charge in [0.05, 0.1) is 0 Å². The van der Waals surface area contributed by atoms with Gasteiger partial charge in [-0.2, -0.15) is 0 Å². The first-order valence-electron chi connectivity index (χ1n) is 8.03. The molecule has 0 nitrogen and oxygen atoms in total. The minimum absolute atomic E-state index is 0.586. The molecular weight excluding hydrogens is 216 g/mol. The molecule has 1 saturated carbocycles. The third-order valence-electron chi connectivity index (χ3n) is 5.37. The van der Waals surface area contributed by atoms with Crippen LogP contribution in [0, 0.1) is 23.2 Å². The quantitative estimate of drug-likeness (QED) is 0.491. The van der Waals surface area contributed by atoms with Crippen LogP contribution < -0.4 is 0 Å². The summed E-state index contributed by atoms with van der Waals surface area (Å²) >= 11 is 0. The van der Waals surface area contributed by atoms with Crippen molar-refractivity contribution in [2.24, 2.45) is 23.2 Å². The summed E-state index contributed by atoms with van der Waals surface area (Å²) in [5, 5.41) is 0. The molecule has 0 heterocycles. The van der Waals surface area contributed by atoms with Gasteiger partial charge in [-0.15, -0.1) is 6.58 Å². The molecule has 1 rings (SSSR count). The van der Waals surface area contributed by atoms with Gasteiger partial charge in [-0.1, -0.05) is 52.5 Å². The highest BCUT2D eigenvalue weighted by molar-refractivity contribution is 4.94. The highest BCUT2D eigenvalue weighted by atomic mass is 14.4. The molecule has 0 aromatic rings. The Morgan fingerprint density at radius 1 is 1.44 bits per heavy atom. The molecule has 0 bridgehead atoms. The molecule has 106 valence electrons. The van der Waals surface area contributed by atoms with E-state index in [1.165, 1.54) is 50.5 Å². The van der Waals surface area contributed by atoms with Crippen LogP contribution in [0.1, 0.15) is 79.6 Å². The molecule has 1 aliphatic rings. The average Bonchev–Trinajstić information content (AvgIpc) is 2.27. The third-order valence-corrected chi connectivity index (χ3v) is 5.37. The van der Waals surface area contributed by atoms with Crippen molar-refractivity contribution in [3.05, 3.63) is 12.2 Å². The molecule has 0 radical (unpaired) electrons.